The number of hydrogen-bond donors (Lipinski definition) is 3. The van der Waals surface area contributed by atoms with Crippen molar-refractivity contribution in [1.82, 2.24) is 15.5 Å². The van der Waals surface area contributed by atoms with E-state index in [2.05, 4.69) is 10.6 Å². The monoisotopic (exact) mass is 488 g/mol. The topological polar surface area (TPSA) is 131 Å². The third-order valence-electron chi connectivity index (χ3n) is 6.39. The second-order valence-electron chi connectivity index (χ2n) is 9.60. The molecule has 1 aliphatic rings. The minimum Gasteiger partial charge on any atom is -0.461 e. The van der Waals surface area contributed by atoms with Gasteiger partial charge in [0.15, 0.2) is 11.6 Å². The van der Waals surface area contributed by atoms with Gasteiger partial charge in [0, 0.05) is 33.0 Å². The lowest BCUT2D eigenvalue weighted by atomic mass is 9.89. The van der Waals surface area contributed by atoms with Crippen LogP contribution in [0.2, 0.25) is 0 Å². The summed E-state index contributed by atoms with van der Waals surface area (Å²) >= 11 is 0. The highest BCUT2D eigenvalue weighted by atomic mass is 16.5. The largest absolute Gasteiger partial charge is 0.461 e. The molecule has 9 heteroatoms. The Kier molecular flexibility index (Phi) is 11.0. The molecule has 4 N–H and O–H groups in total. The molecule has 1 fully saturated rings. The first-order valence-corrected chi connectivity index (χ1v) is 12.3. The number of ether oxygens (including phenoxy) is 1. The maximum Gasteiger partial charge on any atom is 0.306 e. The molecule has 9 nitrogen and oxygen atoms in total. The van der Waals surface area contributed by atoms with Crippen molar-refractivity contribution in [3.8, 4) is 0 Å². The average molecular weight is 489 g/mol. The third kappa shape index (κ3) is 8.52. The zero-order chi connectivity index (χ0) is 26.0. The minimum absolute atomic E-state index is 0.0210. The molecule has 35 heavy (non-hydrogen) atoms. The molecule has 1 heterocycles. The Morgan fingerprint density at radius 1 is 1.20 bits per heavy atom. The van der Waals surface area contributed by atoms with E-state index in [-0.39, 0.29) is 36.9 Å². The summed E-state index contributed by atoms with van der Waals surface area (Å²) < 4.78 is 5.36. The van der Waals surface area contributed by atoms with Crippen molar-refractivity contribution in [3.63, 3.8) is 0 Å². The van der Waals surface area contributed by atoms with E-state index >= 15 is 0 Å². The first-order valence-electron chi connectivity index (χ1n) is 12.3. The quantitative estimate of drug-likeness (QED) is 0.334. The van der Waals surface area contributed by atoms with Crippen LogP contribution in [0.15, 0.2) is 30.3 Å². The van der Waals surface area contributed by atoms with Crippen LogP contribution in [-0.4, -0.2) is 71.6 Å². The second-order valence-corrected chi connectivity index (χ2v) is 9.60. The zero-order valence-corrected chi connectivity index (χ0v) is 21.3. The Morgan fingerprint density at radius 3 is 2.51 bits per heavy atom. The molecule has 1 aromatic carbocycles. The lowest BCUT2D eigenvalue weighted by Crippen LogP contribution is -2.59. The minimum atomic E-state index is -0.910. The standard InChI is InChI=1S/C26H40N4O5/c1-18(24(33)22-11-8-16-30(22)19(2)31)29-21(25(34)26(3,4)28-15-14-27)12-13-23(32)35-17-20-9-6-5-7-10-20/h5-7,9-10,18,21-22,28-29H,8,11-17,27H2,1-4H3. The van der Waals surface area contributed by atoms with Crippen molar-refractivity contribution < 1.29 is 23.9 Å². The Labute approximate surface area is 208 Å². The second kappa shape index (κ2) is 13.5. The van der Waals surface area contributed by atoms with Gasteiger partial charge >= 0.3 is 5.97 Å². The molecule has 2 rings (SSSR count). The van der Waals surface area contributed by atoms with Crippen molar-refractivity contribution in [2.24, 2.45) is 5.73 Å². The highest BCUT2D eigenvalue weighted by Gasteiger charge is 2.38. The van der Waals surface area contributed by atoms with Crippen molar-refractivity contribution in [1.29, 1.82) is 0 Å². The number of rotatable bonds is 14. The van der Waals surface area contributed by atoms with Gasteiger partial charge < -0.3 is 20.7 Å². The smallest absolute Gasteiger partial charge is 0.306 e. The molecule has 3 unspecified atom stereocenters. The van der Waals surface area contributed by atoms with E-state index in [0.717, 1.165) is 12.0 Å². The molecule has 1 saturated heterocycles. The Bertz CT molecular complexity index is 874. The van der Waals surface area contributed by atoms with Crippen LogP contribution >= 0.6 is 0 Å². The maximum atomic E-state index is 13.4. The van der Waals surface area contributed by atoms with Crippen LogP contribution < -0.4 is 16.4 Å². The number of amides is 1. The van der Waals surface area contributed by atoms with E-state index in [1.165, 1.54) is 6.92 Å². The number of hydrogen-bond acceptors (Lipinski definition) is 8. The van der Waals surface area contributed by atoms with Crippen LogP contribution in [0.3, 0.4) is 0 Å². The van der Waals surface area contributed by atoms with E-state index in [4.69, 9.17) is 10.5 Å². The number of nitrogens with zero attached hydrogens (tertiary/aromatic N) is 1. The molecular weight excluding hydrogens is 448 g/mol. The van der Waals surface area contributed by atoms with Gasteiger partial charge in [-0.15, -0.1) is 0 Å². The van der Waals surface area contributed by atoms with E-state index in [9.17, 15) is 19.2 Å². The first kappa shape index (κ1) is 28.6. The van der Waals surface area contributed by atoms with Gasteiger partial charge in [0.05, 0.1) is 23.7 Å². The Balaban J connectivity index is 2.06. The predicted molar refractivity (Wildman–Crippen MR) is 133 cm³/mol. The van der Waals surface area contributed by atoms with Crippen LogP contribution in [0.25, 0.3) is 0 Å². The van der Waals surface area contributed by atoms with Crippen LogP contribution in [-0.2, 0) is 30.5 Å². The fourth-order valence-corrected chi connectivity index (χ4v) is 4.38. The number of carbonyl (C=O) groups is 4. The van der Waals surface area contributed by atoms with Crippen molar-refractivity contribution in [2.75, 3.05) is 19.6 Å². The predicted octanol–water partition coefficient (Wildman–Crippen LogP) is 1.33. The number of Topliss-reactive ketones (excluding diaryl/α,β-unsaturated/α-hetero) is 2. The maximum absolute atomic E-state index is 13.4. The van der Waals surface area contributed by atoms with Crippen LogP contribution in [0.1, 0.15) is 58.9 Å². The van der Waals surface area contributed by atoms with E-state index in [1.807, 2.05) is 30.3 Å². The number of nitrogens with two attached hydrogens (primary N) is 1. The van der Waals surface area contributed by atoms with Gasteiger partial charge in [-0.3, -0.25) is 24.5 Å². The highest BCUT2D eigenvalue weighted by molar-refractivity contribution is 5.95. The molecule has 0 bridgehead atoms. The summed E-state index contributed by atoms with van der Waals surface area (Å²) in [6, 6.07) is 7.44. The summed E-state index contributed by atoms with van der Waals surface area (Å²) in [5.41, 5.74) is 5.56. The molecule has 0 spiro atoms. The number of benzene rings is 1. The Hall–Kier alpha value is -2.62. The van der Waals surface area contributed by atoms with E-state index in [1.54, 1.807) is 25.7 Å². The molecule has 1 aliphatic heterocycles. The highest BCUT2D eigenvalue weighted by Crippen LogP contribution is 2.20. The average Bonchev–Trinajstić information content (AvgIpc) is 3.34. The number of likely N-dealkylation sites (tertiary alicyclic amines) is 1. The van der Waals surface area contributed by atoms with Gasteiger partial charge in [-0.05, 0) is 45.6 Å². The van der Waals surface area contributed by atoms with Crippen LogP contribution in [0.4, 0.5) is 0 Å². The first-order chi connectivity index (χ1) is 16.6. The molecule has 1 aromatic rings. The molecule has 0 aliphatic carbocycles. The number of carbonyl (C=O) groups excluding carboxylic acids is 4. The van der Waals surface area contributed by atoms with Crippen molar-refractivity contribution >= 4 is 23.4 Å². The lowest BCUT2D eigenvalue weighted by molar-refractivity contribution is -0.145. The van der Waals surface area contributed by atoms with Crippen LogP contribution in [0.5, 0.6) is 0 Å². The van der Waals surface area contributed by atoms with Crippen molar-refractivity contribution in [2.45, 2.75) is 83.6 Å². The molecule has 0 saturated carbocycles. The van der Waals surface area contributed by atoms with Gasteiger partial charge in [-0.1, -0.05) is 30.3 Å². The fourth-order valence-electron chi connectivity index (χ4n) is 4.38. The third-order valence-corrected chi connectivity index (χ3v) is 6.39. The summed E-state index contributed by atoms with van der Waals surface area (Å²) in [7, 11) is 0. The van der Waals surface area contributed by atoms with Gasteiger partial charge in [0.1, 0.15) is 6.61 Å². The zero-order valence-electron chi connectivity index (χ0n) is 21.3. The molecule has 3 atom stereocenters. The molecule has 0 radical (unpaired) electrons. The number of nitrogens with one attached hydrogen (secondary N) is 2. The van der Waals surface area contributed by atoms with Crippen molar-refractivity contribution in [3.05, 3.63) is 35.9 Å². The molecular formula is C26H40N4O5. The lowest BCUT2D eigenvalue weighted by Gasteiger charge is -2.32. The van der Waals surface area contributed by atoms with Gasteiger partial charge in [-0.2, -0.15) is 0 Å². The number of esters is 1. The summed E-state index contributed by atoms with van der Waals surface area (Å²) in [5, 5.41) is 6.28. The summed E-state index contributed by atoms with van der Waals surface area (Å²) in [4.78, 5) is 52.5. The molecule has 1 amide bonds. The van der Waals surface area contributed by atoms with Crippen LogP contribution in [0, 0.1) is 0 Å². The SMILES string of the molecule is CC(=O)N1CCCC1C(=O)C(C)NC(CCC(=O)OCc1ccccc1)C(=O)C(C)(C)NCCN. The fraction of sp³-hybridized carbons (Fsp3) is 0.615. The summed E-state index contributed by atoms with van der Waals surface area (Å²) in [5.74, 6) is -0.848. The molecule has 0 aromatic heterocycles. The van der Waals surface area contributed by atoms with E-state index < -0.39 is 29.6 Å². The van der Waals surface area contributed by atoms with Gasteiger partial charge in [0.25, 0.3) is 0 Å². The Morgan fingerprint density at radius 2 is 1.89 bits per heavy atom. The van der Waals surface area contributed by atoms with Gasteiger partial charge in [0.2, 0.25) is 5.91 Å². The van der Waals surface area contributed by atoms with E-state index in [0.29, 0.717) is 26.1 Å². The summed E-state index contributed by atoms with van der Waals surface area (Å²) in [6.07, 6.45) is 1.58. The normalized spacial score (nSPS) is 17.6. The summed E-state index contributed by atoms with van der Waals surface area (Å²) in [6.45, 7) is 8.22. The van der Waals surface area contributed by atoms with Gasteiger partial charge in [-0.25, -0.2) is 0 Å². The number of ketones is 2. The molecule has 194 valence electrons.